The zero-order chi connectivity index (χ0) is 12.5. The predicted molar refractivity (Wildman–Crippen MR) is 65.8 cm³/mol. The van der Waals surface area contributed by atoms with Crippen molar-refractivity contribution in [2.75, 3.05) is 17.6 Å². The van der Waals surface area contributed by atoms with Crippen LogP contribution in [0.25, 0.3) is 0 Å². The van der Waals surface area contributed by atoms with Gasteiger partial charge in [0.15, 0.2) is 0 Å². The second kappa shape index (κ2) is 4.66. The molecule has 1 aliphatic rings. The minimum atomic E-state index is -3.36. The molecule has 1 aromatic rings. The van der Waals surface area contributed by atoms with Crippen molar-refractivity contribution in [3.8, 4) is 0 Å². The van der Waals surface area contributed by atoms with Crippen LogP contribution in [0.2, 0.25) is 0 Å². The van der Waals surface area contributed by atoms with Gasteiger partial charge in [-0.15, -0.1) is 11.3 Å². The van der Waals surface area contributed by atoms with Crippen LogP contribution in [0.4, 0.5) is 5.69 Å². The minimum Gasteiger partial charge on any atom is -0.465 e. The van der Waals surface area contributed by atoms with Crippen LogP contribution in [0.3, 0.4) is 0 Å². The van der Waals surface area contributed by atoms with Gasteiger partial charge in [-0.2, -0.15) is 0 Å². The van der Waals surface area contributed by atoms with Gasteiger partial charge in [-0.1, -0.05) is 0 Å². The zero-order valence-electron chi connectivity index (χ0n) is 9.30. The van der Waals surface area contributed by atoms with Crippen molar-refractivity contribution < 1.29 is 17.9 Å². The van der Waals surface area contributed by atoms with Gasteiger partial charge in [-0.3, -0.25) is 4.72 Å². The van der Waals surface area contributed by atoms with Crippen LogP contribution in [-0.2, 0) is 14.8 Å². The molecule has 1 heterocycles. The van der Waals surface area contributed by atoms with E-state index in [1.54, 1.807) is 11.4 Å². The van der Waals surface area contributed by atoms with Crippen LogP contribution in [0, 0.1) is 5.92 Å². The first-order valence-electron chi connectivity index (χ1n) is 5.18. The summed E-state index contributed by atoms with van der Waals surface area (Å²) in [4.78, 5) is 11.7. The molecule has 0 amide bonds. The normalized spacial score (nSPS) is 15.6. The van der Waals surface area contributed by atoms with Gasteiger partial charge in [0.25, 0.3) is 0 Å². The van der Waals surface area contributed by atoms with E-state index in [0.717, 1.165) is 24.2 Å². The topological polar surface area (TPSA) is 72.5 Å². The third-order valence-electron chi connectivity index (χ3n) is 2.45. The lowest BCUT2D eigenvalue weighted by atomic mass is 10.4. The number of hydrogen-bond acceptors (Lipinski definition) is 5. The van der Waals surface area contributed by atoms with E-state index < -0.39 is 16.0 Å². The highest BCUT2D eigenvalue weighted by Crippen LogP contribution is 2.31. The Hall–Kier alpha value is -1.08. The van der Waals surface area contributed by atoms with E-state index in [0.29, 0.717) is 5.69 Å². The van der Waals surface area contributed by atoms with Gasteiger partial charge < -0.3 is 4.74 Å². The van der Waals surface area contributed by atoms with Crippen molar-refractivity contribution in [2.24, 2.45) is 5.92 Å². The molecule has 1 aliphatic carbocycles. The first-order valence-corrected chi connectivity index (χ1v) is 7.71. The first kappa shape index (κ1) is 12.4. The molecule has 0 unspecified atom stereocenters. The van der Waals surface area contributed by atoms with E-state index in [2.05, 4.69) is 9.46 Å². The molecule has 17 heavy (non-hydrogen) atoms. The molecule has 0 radical (unpaired) electrons. The number of carbonyl (C=O) groups is 1. The van der Waals surface area contributed by atoms with Crippen LogP contribution in [-0.4, -0.2) is 27.2 Å². The van der Waals surface area contributed by atoms with Crippen molar-refractivity contribution in [1.82, 2.24) is 0 Å². The summed E-state index contributed by atoms with van der Waals surface area (Å²) in [5.74, 6) is -0.124. The lowest BCUT2D eigenvalue weighted by Gasteiger charge is -2.07. The number of carbonyl (C=O) groups excluding carboxylic acids is 1. The third kappa shape index (κ3) is 3.19. The number of thiophene rings is 1. The summed E-state index contributed by atoms with van der Waals surface area (Å²) in [5.41, 5.74) is 0.308. The molecular weight excluding hydrogens is 262 g/mol. The van der Waals surface area contributed by atoms with Crippen molar-refractivity contribution in [3.05, 3.63) is 16.3 Å². The van der Waals surface area contributed by atoms with E-state index in [9.17, 15) is 13.2 Å². The number of anilines is 1. The molecule has 1 aromatic heterocycles. The number of rotatable bonds is 5. The highest BCUT2D eigenvalue weighted by atomic mass is 32.2. The van der Waals surface area contributed by atoms with Crippen molar-refractivity contribution in [3.63, 3.8) is 0 Å². The smallest absolute Gasteiger partial charge is 0.350 e. The van der Waals surface area contributed by atoms with Crippen molar-refractivity contribution in [2.45, 2.75) is 12.8 Å². The van der Waals surface area contributed by atoms with Crippen LogP contribution >= 0.6 is 11.3 Å². The second-order valence-electron chi connectivity index (χ2n) is 3.98. The number of nitrogens with one attached hydrogen (secondary N) is 1. The number of sulfonamides is 1. The quantitative estimate of drug-likeness (QED) is 0.830. The van der Waals surface area contributed by atoms with Gasteiger partial charge >= 0.3 is 5.97 Å². The largest absolute Gasteiger partial charge is 0.465 e. The van der Waals surface area contributed by atoms with Crippen molar-refractivity contribution >= 4 is 33.0 Å². The van der Waals surface area contributed by atoms with E-state index in [1.807, 2.05) is 0 Å². The Morgan fingerprint density at radius 2 is 2.29 bits per heavy atom. The summed E-state index contributed by atoms with van der Waals surface area (Å²) in [6.07, 6.45) is 1.93. The minimum absolute atomic E-state index is 0.128. The van der Waals surface area contributed by atoms with Crippen LogP contribution in [0.1, 0.15) is 22.5 Å². The van der Waals surface area contributed by atoms with Crippen LogP contribution in [0.5, 0.6) is 0 Å². The van der Waals surface area contributed by atoms with E-state index in [-0.39, 0.29) is 16.5 Å². The molecule has 1 saturated carbocycles. The molecule has 0 spiro atoms. The Kier molecular flexibility index (Phi) is 3.39. The second-order valence-corrected chi connectivity index (χ2v) is 6.66. The molecule has 0 bridgehead atoms. The molecule has 0 aliphatic heterocycles. The Morgan fingerprint density at radius 1 is 1.59 bits per heavy atom. The Labute approximate surface area is 104 Å². The number of esters is 1. The number of methoxy groups -OCH3 is 1. The fourth-order valence-corrected chi connectivity index (χ4v) is 3.82. The third-order valence-corrected chi connectivity index (χ3v) is 4.79. The lowest BCUT2D eigenvalue weighted by Crippen LogP contribution is -2.18. The van der Waals surface area contributed by atoms with E-state index in [4.69, 9.17) is 0 Å². The Bertz CT molecular complexity index is 516. The maximum atomic E-state index is 11.8. The average Bonchev–Trinajstić information content (AvgIpc) is 2.93. The maximum Gasteiger partial charge on any atom is 0.350 e. The van der Waals surface area contributed by atoms with Gasteiger partial charge in [-0.25, -0.2) is 13.2 Å². The average molecular weight is 275 g/mol. The molecule has 2 rings (SSSR count). The Morgan fingerprint density at radius 3 is 2.88 bits per heavy atom. The van der Waals surface area contributed by atoms with Crippen LogP contribution in [0.15, 0.2) is 11.4 Å². The van der Waals surface area contributed by atoms with Gasteiger partial charge in [0.2, 0.25) is 10.0 Å². The predicted octanol–water partition coefficient (Wildman–Crippen LogP) is 1.69. The van der Waals surface area contributed by atoms with Gasteiger partial charge in [-0.05, 0) is 30.2 Å². The summed E-state index contributed by atoms with van der Waals surface area (Å²) in [7, 11) is -2.09. The van der Waals surface area contributed by atoms with E-state index in [1.165, 1.54) is 7.11 Å². The fourth-order valence-electron chi connectivity index (χ4n) is 1.44. The molecule has 0 aromatic carbocycles. The summed E-state index contributed by atoms with van der Waals surface area (Å²) < 4.78 is 30.5. The lowest BCUT2D eigenvalue weighted by molar-refractivity contribution is 0.0607. The standard InChI is InChI=1S/C10H13NO4S2/c1-15-10(12)9-8(4-5-16-9)11-17(13,14)6-7-2-3-7/h4-5,7,11H,2-3,6H2,1H3. The monoisotopic (exact) mass is 275 g/mol. The van der Waals surface area contributed by atoms with E-state index >= 15 is 0 Å². The molecule has 1 N–H and O–H groups in total. The van der Waals surface area contributed by atoms with Gasteiger partial charge in [0.1, 0.15) is 4.88 Å². The molecule has 7 heteroatoms. The molecule has 0 atom stereocenters. The maximum absolute atomic E-state index is 11.8. The molecule has 0 saturated heterocycles. The fraction of sp³-hybridized carbons (Fsp3) is 0.500. The van der Waals surface area contributed by atoms with Gasteiger partial charge in [0, 0.05) is 0 Å². The Balaban J connectivity index is 2.12. The molecular formula is C10H13NO4S2. The van der Waals surface area contributed by atoms with Crippen molar-refractivity contribution in [1.29, 1.82) is 0 Å². The highest BCUT2D eigenvalue weighted by molar-refractivity contribution is 7.92. The highest BCUT2D eigenvalue weighted by Gasteiger charge is 2.29. The van der Waals surface area contributed by atoms with Crippen LogP contribution < -0.4 is 4.72 Å². The number of ether oxygens (including phenoxy) is 1. The SMILES string of the molecule is COC(=O)c1sccc1NS(=O)(=O)CC1CC1. The first-order chi connectivity index (χ1) is 8.02. The van der Waals surface area contributed by atoms with Gasteiger partial charge in [0.05, 0.1) is 18.6 Å². The molecule has 1 fully saturated rings. The summed E-state index contributed by atoms with van der Waals surface area (Å²) >= 11 is 1.16. The summed E-state index contributed by atoms with van der Waals surface area (Å²) in [5, 5.41) is 1.65. The zero-order valence-corrected chi connectivity index (χ0v) is 10.9. The number of hydrogen-bond donors (Lipinski definition) is 1. The summed E-state index contributed by atoms with van der Waals surface area (Å²) in [6, 6.07) is 1.57. The molecule has 94 valence electrons. The molecule has 5 nitrogen and oxygen atoms in total. The summed E-state index contributed by atoms with van der Waals surface area (Å²) in [6.45, 7) is 0.